The molecule has 0 bridgehead atoms. The summed E-state index contributed by atoms with van der Waals surface area (Å²) in [5.41, 5.74) is 9.32. The zero-order chi connectivity index (χ0) is 11.7. The molecule has 0 fully saturated rings. The molecule has 0 aliphatic heterocycles. The van der Waals surface area contributed by atoms with Gasteiger partial charge in [0.1, 0.15) is 5.69 Å². The maximum Gasteiger partial charge on any atom is 0.287 e. The second-order valence-electron chi connectivity index (χ2n) is 3.86. The molecule has 0 aliphatic rings. The summed E-state index contributed by atoms with van der Waals surface area (Å²) in [5, 5.41) is 6.38. The second kappa shape index (κ2) is 3.81. The Morgan fingerprint density at radius 1 is 1.25 bits per heavy atom. The number of aryl methyl sites for hydroxylation is 2. The van der Waals surface area contributed by atoms with Crippen LogP contribution in [0.5, 0.6) is 0 Å². The Morgan fingerprint density at radius 3 is 2.69 bits per heavy atom. The highest BCUT2D eigenvalue weighted by Crippen LogP contribution is 2.22. The van der Waals surface area contributed by atoms with Crippen LogP contribution in [-0.4, -0.2) is 10.2 Å². The van der Waals surface area contributed by atoms with Gasteiger partial charge in [0, 0.05) is 5.56 Å². The molecule has 4 heteroatoms. The van der Waals surface area contributed by atoms with E-state index in [0.29, 0.717) is 5.69 Å². The Bertz CT molecular complexity index is 587. The first-order valence-electron chi connectivity index (χ1n) is 5.01. The number of H-pyrrole nitrogens is 1. The molecule has 4 nitrogen and oxygen atoms in total. The molecule has 1 aromatic carbocycles. The fourth-order valence-electron chi connectivity index (χ4n) is 1.57. The third-order valence-electron chi connectivity index (χ3n) is 2.50. The van der Waals surface area contributed by atoms with Crippen molar-refractivity contribution in [2.75, 3.05) is 5.73 Å². The Balaban J connectivity index is 2.62. The smallest absolute Gasteiger partial charge is 0.287 e. The third kappa shape index (κ3) is 1.82. The molecular formula is C12H13N3O. The van der Waals surface area contributed by atoms with Crippen LogP contribution >= 0.6 is 0 Å². The van der Waals surface area contributed by atoms with Crippen molar-refractivity contribution in [3.8, 4) is 11.3 Å². The van der Waals surface area contributed by atoms with Gasteiger partial charge in [-0.2, -0.15) is 5.10 Å². The SMILES string of the molecule is Cc1ccc(C)c(-c2cc(N)c(=O)[nH]n2)c1. The van der Waals surface area contributed by atoms with E-state index in [2.05, 4.69) is 10.2 Å². The number of nitrogens with one attached hydrogen (secondary N) is 1. The minimum Gasteiger partial charge on any atom is -0.394 e. The molecule has 16 heavy (non-hydrogen) atoms. The summed E-state index contributed by atoms with van der Waals surface area (Å²) < 4.78 is 0. The summed E-state index contributed by atoms with van der Waals surface area (Å²) in [5.74, 6) is 0. The van der Waals surface area contributed by atoms with Crippen molar-refractivity contribution in [1.82, 2.24) is 10.2 Å². The monoisotopic (exact) mass is 215 g/mol. The molecule has 82 valence electrons. The van der Waals surface area contributed by atoms with Crippen LogP contribution in [0.25, 0.3) is 11.3 Å². The standard InChI is InChI=1S/C12H13N3O/c1-7-3-4-8(2)9(5-7)11-6-10(13)12(16)15-14-11/h3-6H,1-2H3,(H2,13,14)(H,15,16). The second-order valence-corrected chi connectivity index (χ2v) is 3.86. The van der Waals surface area contributed by atoms with Gasteiger partial charge in [0.25, 0.3) is 5.56 Å². The molecule has 0 radical (unpaired) electrons. The van der Waals surface area contributed by atoms with E-state index in [4.69, 9.17) is 5.73 Å². The first-order valence-corrected chi connectivity index (χ1v) is 5.01. The summed E-state index contributed by atoms with van der Waals surface area (Å²) in [7, 11) is 0. The zero-order valence-corrected chi connectivity index (χ0v) is 9.24. The van der Waals surface area contributed by atoms with Gasteiger partial charge in [-0.1, -0.05) is 17.7 Å². The molecule has 1 aromatic heterocycles. The van der Waals surface area contributed by atoms with Crippen molar-refractivity contribution in [3.05, 3.63) is 45.7 Å². The van der Waals surface area contributed by atoms with Gasteiger partial charge in [-0.05, 0) is 31.5 Å². The minimum absolute atomic E-state index is 0.186. The van der Waals surface area contributed by atoms with Crippen molar-refractivity contribution < 1.29 is 0 Å². The first kappa shape index (κ1) is 10.4. The van der Waals surface area contributed by atoms with Gasteiger partial charge in [0.05, 0.1) is 5.69 Å². The lowest BCUT2D eigenvalue weighted by atomic mass is 10.0. The van der Waals surface area contributed by atoms with Crippen LogP contribution in [0.1, 0.15) is 11.1 Å². The van der Waals surface area contributed by atoms with Crippen molar-refractivity contribution in [1.29, 1.82) is 0 Å². The Labute approximate surface area is 93.1 Å². The van der Waals surface area contributed by atoms with Crippen molar-refractivity contribution in [3.63, 3.8) is 0 Å². The quantitative estimate of drug-likeness (QED) is 0.759. The first-order chi connectivity index (χ1) is 7.58. The van der Waals surface area contributed by atoms with E-state index in [-0.39, 0.29) is 11.2 Å². The molecule has 2 rings (SSSR count). The lowest BCUT2D eigenvalue weighted by molar-refractivity contribution is 0.998. The Kier molecular flexibility index (Phi) is 2.48. The zero-order valence-electron chi connectivity index (χ0n) is 9.24. The molecule has 0 aliphatic carbocycles. The summed E-state index contributed by atoms with van der Waals surface area (Å²) in [6.45, 7) is 4.01. The van der Waals surface area contributed by atoms with Crippen molar-refractivity contribution >= 4 is 5.69 Å². The van der Waals surface area contributed by atoms with Gasteiger partial charge in [-0.3, -0.25) is 4.79 Å². The summed E-state index contributed by atoms with van der Waals surface area (Å²) in [4.78, 5) is 11.1. The summed E-state index contributed by atoms with van der Waals surface area (Å²) >= 11 is 0. The number of aromatic nitrogens is 2. The topological polar surface area (TPSA) is 71.8 Å². The van der Waals surface area contributed by atoms with E-state index in [1.54, 1.807) is 6.07 Å². The summed E-state index contributed by atoms with van der Waals surface area (Å²) in [6, 6.07) is 7.68. The number of nitrogen functional groups attached to an aromatic ring is 1. The van der Waals surface area contributed by atoms with E-state index >= 15 is 0 Å². The molecule has 0 spiro atoms. The Hall–Kier alpha value is -2.10. The normalized spacial score (nSPS) is 10.4. The van der Waals surface area contributed by atoms with Crippen LogP contribution in [0.4, 0.5) is 5.69 Å². The van der Waals surface area contributed by atoms with Gasteiger partial charge in [-0.15, -0.1) is 0 Å². The lowest BCUT2D eigenvalue weighted by Crippen LogP contribution is -2.13. The third-order valence-corrected chi connectivity index (χ3v) is 2.50. The van der Waals surface area contributed by atoms with Crippen molar-refractivity contribution in [2.45, 2.75) is 13.8 Å². The van der Waals surface area contributed by atoms with Crippen LogP contribution in [-0.2, 0) is 0 Å². The molecular weight excluding hydrogens is 202 g/mol. The maximum absolute atomic E-state index is 11.1. The molecule has 0 atom stereocenters. The molecule has 0 saturated carbocycles. The predicted octanol–water partition coefficient (Wildman–Crippen LogP) is 1.64. The molecule has 1 heterocycles. The number of hydrogen-bond acceptors (Lipinski definition) is 3. The lowest BCUT2D eigenvalue weighted by Gasteiger charge is -2.06. The highest BCUT2D eigenvalue weighted by molar-refractivity contribution is 5.66. The number of hydrogen-bond donors (Lipinski definition) is 2. The van der Waals surface area contributed by atoms with Gasteiger partial charge >= 0.3 is 0 Å². The van der Waals surface area contributed by atoms with Crippen LogP contribution in [0.3, 0.4) is 0 Å². The average molecular weight is 215 g/mol. The number of benzene rings is 1. The van der Waals surface area contributed by atoms with E-state index in [0.717, 1.165) is 16.7 Å². The number of nitrogens with two attached hydrogens (primary N) is 1. The molecule has 2 aromatic rings. The van der Waals surface area contributed by atoms with Crippen LogP contribution in [0.15, 0.2) is 29.1 Å². The predicted molar refractivity (Wildman–Crippen MR) is 64.2 cm³/mol. The minimum atomic E-state index is -0.353. The van der Waals surface area contributed by atoms with E-state index in [9.17, 15) is 4.79 Å². The summed E-state index contributed by atoms with van der Waals surface area (Å²) in [6.07, 6.45) is 0. The number of nitrogens with zero attached hydrogens (tertiary/aromatic N) is 1. The maximum atomic E-state index is 11.1. The van der Waals surface area contributed by atoms with Gasteiger partial charge < -0.3 is 5.73 Å². The number of anilines is 1. The highest BCUT2D eigenvalue weighted by Gasteiger charge is 2.05. The van der Waals surface area contributed by atoms with Crippen LogP contribution in [0.2, 0.25) is 0 Å². The van der Waals surface area contributed by atoms with Crippen molar-refractivity contribution in [2.24, 2.45) is 0 Å². The molecule has 0 unspecified atom stereocenters. The fourth-order valence-corrected chi connectivity index (χ4v) is 1.57. The van der Waals surface area contributed by atoms with Crippen LogP contribution in [0, 0.1) is 13.8 Å². The average Bonchev–Trinajstić information content (AvgIpc) is 2.26. The molecule has 0 saturated heterocycles. The molecule has 3 N–H and O–H groups in total. The van der Waals surface area contributed by atoms with Gasteiger partial charge in [-0.25, -0.2) is 5.10 Å². The molecule has 0 amide bonds. The number of rotatable bonds is 1. The van der Waals surface area contributed by atoms with E-state index in [1.165, 1.54) is 0 Å². The van der Waals surface area contributed by atoms with Crippen LogP contribution < -0.4 is 11.3 Å². The fraction of sp³-hybridized carbons (Fsp3) is 0.167. The van der Waals surface area contributed by atoms with Gasteiger partial charge in [0.2, 0.25) is 0 Å². The van der Waals surface area contributed by atoms with Gasteiger partial charge in [0.15, 0.2) is 0 Å². The number of aromatic amines is 1. The highest BCUT2D eigenvalue weighted by atomic mass is 16.1. The van der Waals surface area contributed by atoms with E-state index in [1.807, 2.05) is 32.0 Å². The largest absolute Gasteiger partial charge is 0.394 e. The Morgan fingerprint density at radius 2 is 2.00 bits per heavy atom. The van der Waals surface area contributed by atoms with E-state index < -0.39 is 0 Å².